The first-order valence-electron chi connectivity index (χ1n) is 7.16. The van der Waals surface area contributed by atoms with Crippen molar-refractivity contribution in [3.8, 4) is 0 Å². The molecule has 20 heavy (non-hydrogen) atoms. The second-order valence-corrected chi connectivity index (χ2v) is 5.18. The van der Waals surface area contributed by atoms with Gasteiger partial charge in [-0.05, 0) is 32.6 Å². The third-order valence-electron chi connectivity index (χ3n) is 3.66. The molecule has 2 aromatic heterocycles. The van der Waals surface area contributed by atoms with Crippen LogP contribution in [0.1, 0.15) is 32.6 Å². The van der Waals surface area contributed by atoms with Gasteiger partial charge in [-0.2, -0.15) is 9.97 Å². The quantitative estimate of drug-likeness (QED) is 0.675. The van der Waals surface area contributed by atoms with Gasteiger partial charge in [-0.25, -0.2) is 4.98 Å². The predicted octanol–water partition coefficient (Wildman–Crippen LogP) is 1.50. The van der Waals surface area contributed by atoms with Crippen LogP contribution in [0.5, 0.6) is 0 Å². The highest BCUT2D eigenvalue weighted by Crippen LogP contribution is 2.25. The Hall–Kier alpha value is -1.89. The molecule has 2 heterocycles. The van der Waals surface area contributed by atoms with Gasteiger partial charge in [0.25, 0.3) is 0 Å². The van der Waals surface area contributed by atoms with Crippen molar-refractivity contribution in [2.75, 3.05) is 17.2 Å². The number of imidazole rings is 1. The fourth-order valence-electron chi connectivity index (χ4n) is 2.59. The lowest BCUT2D eigenvalue weighted by Gasteiger charge is -2.26. The van der Waals surface area contributed by atoms with Gasteiger partial charge in [-0.15, -0.1) is 0 Å². The van der Waals surface area contributed by atoms with Gasteiger partial charge in [-0.3, -0.25) is 0 Å². The summed E-state index contributed by atoms with van der Waals surface area (Å²) in [5.74, 6) is 1.37. The molecule has 0 bridgehead atoms. The molecule has 1 fully saturated rings. The first-order chi connectivity index (χ1) is 9.76. The Kier molecular flexibility index (Phi) is 3.68. The molecular formula is C13H20N6O. The lowest BCUT2D eigenvalue weighted by molar-refractivity contribution is 0.126. The summed E-state index contributed by atoms with van der Waals surface area (Å²) >= 11 is 0. The van der Waals surface area contributed by atoms with E-state index in [0.717, 1.165) is 43.6 Å². The van der Waals surface area contributed by atoms with E-state index in [0.29, 0.717) is 17.6 Å². The predicted molar refractivity (Wildman–Crippen MR) is 77.7 cm³/mol. The van der Waals surface area contributed by atoms with Crippen LogP contribution in [0.2, 0.25) is 0 Å². The number of aliphatic hydroxyl groups excluding tert-OH is 1. The molecule has 0 atom stereocenters. The molecule has 1 aliphatic rings. The molecule has 0 unspecified atom stereocenters. The average molecular weight is 276 g/mol. The number of anilines is 2. The van der Waals surface area contributed by atoms with Crippen molar-refractivity contribution in [1.29, 1.82) is 0 Å². The SMILES string of the molecule is CCNc1nc(NC2CCC(O)CC2)c2[nH]cnc2n1. The minimum absolute atomic E-state index is 0.150. The average Bonchev–Trinajstić information content (AvgIpc) is 2.90. The number of aromatic amines is 1. The molecular weight excluding hydrogens is 256 g/mol. The van der Waals surface area contributed by atoms with Gasteiger partial charge in [0.15, 0.2) is 11.5 Å². The molecule has 0 radical (unpaired) electrons. The van der Waals surface area contributed by atoms with Crippen molar-refractivity contribution < 1.29 is 5.11 Å². The molecule has 4 N–H and O–H groups in total. The minimum atomic E-state index is -0.150. The molecule has 7 heteroatoms. The van der Waals surface area contributed by atoms with Crippen molar-refractivity contribution >= 4 is 22.9 Å². The van der Waals surface area contributed by atoms with Gasteiger partial charge in [-0.1, -0.05) is 0 Å². The monoisotopic (exact) mass is 276 g/mol. The van der Waals surface area contributed by atoms with Crippen molar-refractivity contribution in [1.82, 2.24) is 19.9 Å². The number of aliphatic hydroxyl groups is 1. The summed E-state index contributed by atoms with van der Waals surface area (Å²) in [6, 6.07) is 0.342. The Morgan fingerprint density at radius 2 is 2.10 bits per heavy atom. The first-order valence-corrected chi connectivity index (χ1v) is 7.16. The Morgan fingerprint density at radius 3 is 2.85 bits per heavy atom. The van der Waals surface area contributed by atoms with Crippen LogP contribution in [-0.2, 0) is 0 Å². The third-order valence-corrected chi connectivity index (χ3v) is 3.66. The molecule has 1 saturated carbocycles. The van der Waals surface area contributed by atoms with E-state index in [4.69, 9.17) is 0 Å². The lowest BCUT2D eigenvalue weighted by Crippen LogP contribution is -2.28. The molecule has 0 spiro atoms. The molecule has 2 aromatic rings. The highest BCUT2D eigenvalue weighted by molar-refractivity contribution is 5.83. The summed E-state index contributed by atoms with van der Waals surface area (Å²) in [7, 11) is 0. The van der Waals surface area contributed by atoms with Crippen molar-refractivity contribution in [3.63, 3.8) is 0 Å². The van der Waals surface area contributed by atoms with Gasteiger partial charge < -0.3 is 20.7 Å². The number of nitrogens with one attached hydrogen (secondary N) is 3. The van der Waals surface area contributed by atoms with E-state index in [1.165, 1.54) is 0 Å². The Bertz CT molecular complexity index is 575. The highest BCUT2D eigenvalue weighted by atomic mass is 16.3. The van der Waals surface area contributed by atoms with E-state index in [9.17, 15) is 5.11 Å². The maximum atomic E-state index is 9.57. The minimum Gasteiger partial charge on any atom is -0.393 e. The van der Waals surface area contributed by atoms with Crippen LogP contribution >= 0.6 is 0 Å². The summed E-state index contributed by atoms with van der Waals surface area (Å²) in [5.41, 5.74) is 1.49. The van der Waals surface area contributed by atoms with E-state index in [1.54, 1.807) is 6.33 Å². The van der Waals surface area contributed by atoms with E-state index in [-0.39, 0.29) is 6.10 Å². The lowest BCUT2D eigenvalue weighted by atomic mass is 9.93. The van der Waals surface area contributed by atoms with Gasteiger partial charge >= 0.3 is 0 Å². The summed E-state index contributed by atoms with van der Waals surface area (Å²) in [4.78, 5) is 16.1. The fraction of sp³-hybridized carbons (Fsp3) is 0.615. The third kappa shape index (κ3) is 2.67. The molecule has 0 aromatic carbocycles. The standard InChI is InChI=1S/C13H20N6O/c1-2-14-13-18-11-10(15-7-16-11)12(19-13)17-8-3-5-9(20)6-4-8/h7-9,20H,2-6H2,1H3,(H3,14,15,16,17,18,19). The van der Waals surface area contributed by atoms with Crippen molar-refractivity contribution in [2.45, 2.75) is 44.8 Å². The first kappa shape index (κ1) is 13.1. The molecule has 0 amide bonds. The zero-order valence-electron chi connectivity index (χ0n) is 11.6. The smallest absolute Gasteiger partial charge is 0.226 e. The molecule has 7 nitrogen and oxygen atoms in total. The largest absolute Gasteiger partial charge is 0.393 e. The van der Waals surface area contributed by atoms with Crippen LogP contribution in [0.4, 0.5) is 11.8 Å². The zero-order chi connectivity index (χ0) is 13.9. The van der Waals surface area contributed by atoms with Crippen LogP contribution in [0.25, 0.3) is 11.2 Å². The summed E-state index contributed by atoms with van der Waals surface area (Å²) in [6.45, 7) is 2.78. The normalized spacial score (nSPS) is 22.9. The number of H-pyrrole nitrogens is 1. The Labute approximate surface area is 117 Å². The van der Waals surface area contributed by atoms with Gasteiger partial charge in [0.2, 0.25) is 5.95 Å². The number of hydrogen-bond acceptors (Lipinski definition) is 6. The number of fused-ring (bicyclic) bond motifs is 1. The summed E-state index contributed by atoms with van der Waals surface area (Å²) in [6.07, 6.45) is 5.08. The van der Waals surface area contributed by atoms with E-state index >= 15 is 0 Å². The van der Waals surface area contributed by atoms with Crippen LogP contribution in [0, 0.1) is 0 Å². The Balaban J connectivity index is 1.83. The van der Waals surface area contributed by atoms with E-state index in [1.807, 2.05) is 6.92 Å². The molecule has 1 aliphatic carbocycles. The molecule has 0 aliphatic heterocycles. The second kappa shape index (κ2) is 5.62. The van der Waals surface area contributed by atoms with Crippen LogP contribution in [0.3, 0.4) is 0 Å². The molecule has 0 saturated heterocycles. The highest BCUT2D eigenvalue weighted by Gasteiger charge is 2.21. The zero-order valence-corrected chi connectivity index (χ0v) is 11.6. The topological polar surface area (TPSA) is 98.8 Å². The van der Waals surface area contributed by atoms with Gasteiger partial charge in [0.1, 0.15) is 5.52 Å². The van der Waals surface area contributed by atoms with Gasteiger partial charge in [0, 0.05) is 12.6 Å². The number of nitrogens with zero attached hydrogens (tertiary/aromatic N) is 3. The van der Waals surface area contributed by atoms with E-state index in [2.05, 4.69) is 30.6 Å². The maximum absolute atomic E-state index is 9.57. The summed E-state index contributed by atoms with van der Waals surface area (Å²) < 4.78 is 0. The molecule has 108 valence electrons. The van der Waals surface area contributed by atoms with Crippen molar-refractivity contribution in [2.24, 2.45) is 0 Å². The van der Waals surface area contributed by atoms with Crippen LogP contribution in [-0.4, -0.2) is 43.7 Å². The molecule has 3 rings (SSSR count). The second-order valence-electron chi connectivity index (χ2n) is 5.18. The van der Waals surface area contributed by atoms with Crippen molar-refractivity contribution in [3.05, 3.63) is 6.33 Å². The van der Waals surface area contributed by atoms with E-state index < -0.39 is 0 Å². The van der Waals surface area contributed by atoms with Crippen LogP contribution < -0.4 is 10.6 Å². The Morgan fingerprint density at radius 1 is 1.30 bits per heavy atom. The fourth-order valence-corrected chi connectivity index (χ4v) is 2.59. The number of rotatable bonds is 4. The van der Waals surface area contributed by atoms with Crippen LogP contribution in [0.15, 0.2) is 6.33 Å². The number of hydrogen-bond donors (Lipinski definition) is 4. The van der Waals surface area contributed by atoms with Gasteiger partial charge in [0.05, 0.1) is 12.4 Å². The maximum Gasteiger partial charge on any atom is 0.226 e. The summed E-state index contributed by atoms with van der Waals surface area (Å²) in [5, 5.41) is 16.1. The number of aromatic nitrogens is 4.